The van der Waals surface area contributed by atoms with E-state index in [4.69, 9.17) is 5.73 Å². The minimum absolute atomic E-state index is 0.676. The van der Waals surface area contributed by atoms with Crippen molar-refractivity contribution in [1.29, 1.82) is 0 Å². The Bertz CT molecular complexity index is 312. The lowest BCUT2D eigenvalue weighted by molar-refractivity contribution is 0.557. The zero-order valence-corrected chi connectivity index (χ0v) is 10.6. The van der Waals surface area contributed by atoms with Crippen molar-refractivity contribution in [3.63, 3.8) is 0 Å². The van der Waals surface area contributed by atoms with Crippen molar-refractivity contribution >= 4 is 5.82 Å². The number of nitrogens with zero attached hydrogens (tertiary/aromatic N) is 2. The zero-order chi connectivity index (χ0) is 12.0. The fourth-order valence-corrected chi connectivity index (χ4v) is 1.81. The third-order valence-electron chi connectivity index (χ3n) is 2.93. The average molecular weight is 221 g/mol. The third kappa shape index (κ3) is 3.49. The SMILES string of the molecule is CCC(C)CN(C)c1ncccc1CCN. The Morgan fingerprint density at radius 1 is 1.50 bits per heavy atom. The van der Waals surface area contributed by atoms with Crippen LogP contribution in [0.5, 0.6) is 0 Å². The van der Waals surface area contributed by atoms with Crippen LogP contribution >= 0.6 is 0 Å². The van der Waals surface area contributed by atoms with Gasteiger partial charge in [-0.05, 0) is 30.5 Å². The minimum Gasteiger partial charge on any atom is -0.359 e. The van der Waals surface area contributed by atoms with E-state index in [0.29, 0.717) is 12.5 Å². The van der Waals surface area contributed by atoms with E-state index in [1.807, 2.05) is 12.3 Å². The third-order valence-corrected chi connectivity index (χ3v) is 2.93. The lowest BCUT2D eigenvalue weighted by Gasteiger charge is -2.23. The van der Waals surface area contributed by atoms with E-state index >= 15 is 0 Å². The summed E-state index contributed by atoms with van der Waals surface area (Å²) < 4.78 is 0. The predicted molar refractivity (Wildman–Crippen MR) is 69.7 cm³/mol. The molecule has 0 fully saturated rings. The predicted octanol–water partition coefficient (Wildman–Crippen LogP) is 2.07. The molecule has 90 valence electrons. The first kappa shape index (κ1) is 13.0. The van der Waals surface area contributed by atoms with Crippen molar-refractivity contribution in [3.8, 4) is 0 Å². The average Bonchev–Trinajstić information content (AvgIpc) is 2.30. The summed E-state index contributed by atoms with van der Waals surface area (Å²) in [6.07, 6.45) is 3.94. The van der Waals surface area contributed by atoms with Gasteiger partial charge in [-0.1, -0.05) is 26.3 Å². The first-order valence-electron chi connectivity index (χ1n) is 6.04. The molecule has 0 spiro atoms. The molecule has 1 atom stereocenters. The van der Waals surface area contributed by atoms with Gasteiger partial charge < -0.3 is 10.6 Å². The van der Waals surface area contributed by atoms with Gasteiger partial charge in [-0.3, -0.25) is 0 Å². The van der Waals surface area contributed by atoms with E-state index < -0.39 is 0 Å². The van der Waals surface area contributed by atoms with Gasteiger partial charge in [0.1, 0.15) is 5.82 Å². The molecule has 1 heterocycles. The van der Waals surface area contributed by atoms with Gasteiger partial charge >= 0.3 is 0 Å². The number of aromatic nitrogens is 1. The van der Waals surface area contributed by atoms with Crippen LogP contribution in [-0.4, -0.2) is 25.1 Å². The van der Waals surface area contributed by atoms with Crippen molar-refractivity contribution in [2.75, 3.05) is 25.0 Å². The Hall–Kier alpha value is -1.09. The van der Waals surface area contributed by atoms with Crippen molar-refractivity contribution in [2.24, 2.45) is 11.7 Å². The number of rotatable bonds is 6. The Morgan fingerprint density at radius 3 is 2.88 bits per heavy atom. The normalized spacial score (nSPS) is 12.5. The molecule has 1 aromatic heterocycles. The van der Waals surface area contributed by atoms with Crippen LogP contribution in [-0.2, 0) is 6.42 Å². The Labute approximate surface area is 98.7 Å². The minimum atomic E-state index is 0.676. The number of hydrogen-bond acceptors (Lipinski definition) is 3. The second kappa shape index (κ2) is 6.48. The van der Waals surface area contributed by atoms with Gasteiger partial charge in [0.05, 0.1) is 0 Å². The van der Waals surface area contributed by atoms with Crippen LogP contribution in [0.3, 0.4) is 0 Å². The molecule has 3 heteroatoms. The fourth-order valence-electron chi connectivity index (χ4n) is 1.81. The largest absolute Gasteiger partial charge is 0.359 e. The molecule has 0 aliphatic rings. The summed E-state index contributed by atoms with van der Waals surface area (Å²) in [6.45, 7) is 6.21. The summed E-state index contributed by atoms with van der Waals surface area (Å²) in [5, 5.41) is 0. The second-order valence-electron chi connectivity index (χ2n) is 4.42. The molecule has 0 radical (unpaired) electrons. The quantitative estimate of drug-likeness (QED) is 0.799. The smallest absolute Gasteiger partial charge is 0.131 e. The highest BCUT2D eigenvalue weighted by Crippen LogP contribution is 2.17. The van der Waals surface area contributed by atoms with Gasteiger partial charge in [0, 0.05) is 19.8 Å². The van der Waals surface area contributed by atoms with Crippen LogP contribution < -0.4 is 10.6 Å². The topological polar surface area (TPSA) is 42.2 Å². The van der Waals surface area contributed by atoms with E-state index in [1.54, 1.807) is 0 Å². The standard InChI is InChI=1S/C13H23N3/c1-4-11(2)10-16(3)13-12(7-8-14)6-5-9-15-13/h5-6,9,11H,4,7-8,10,14H2,1-3H3. The molecular formula is C13H23N3. The maximum absolute atomic E-state index is 5.61. The van der Waals surface area contributed by atoms with Crippen LogP contribution in [0.2, 0.25) is 0 Å². The monoisotopic (exact) mass is 221 g/mol. The molecule has 0 aliphatic carbocycles. The molecule has 0 aromatic carbocycles. The van der Waals surface area contributed by atoms with Gasteiger partial charge in [-0.15, -0.1) is 0 Å². The number of nitrogens with two attached hydrogens (primary N) is 1. The maximum atomic E-state index is 5.61. The van der Waals surface area contributed by atoms with Gasteiger partial charge in [-0.2, -0.15) is 0 Å². The van der Waals surface area contributed by atoms with E-state index in [2.05, 4.69) is 36.8 Å². The summed E-state index contributed by atoms with van der Waals surface area (Å²) in [5.74, 6) is 1.77. The molecule has 3 nitrogen and oxygen atoms in total. The first-order valence-corrected chi connectivity index (χ1v) is 6.04. The van der Waals surface area contributed by atoms with Crippen molar-refractivity contribution < 1.29 is 0 Å². The van der Waals surface area contributed by atoms with Crippen LogP contribution in [0.1, 0.15) is 25.8 Å². The molecular weight excluding hydrogens is 198 g/mol. The zero-order valence-electron chi connectivity index (χ0n) is 10.6. The molecule has 0 saturated carbocycles. The fraction of sp³-hybridized carbons (Fsp3) is 0.615. The molecule has 1 aromatic rings. The highest BCUT2D eigenvalue weighted by atomic mass is 15.2. The lowest BCUT2D eigenvalue weighted by Crippen LogP contribution is -2.26. The summed E-state index contributed by atoms with van der Waals surface area (Å²) in [5.41, 5.74) is 6.86. The van der Waals surface area contributed by atoms with Crippen LogP contribution in [0.15, 0.2) is 18.3 Å². The number of anilines is 1. The van der Waals surface area contributed by atoms with E-state index in [9.17, 15) is 0 Å². The molecule has 16 heavy (non-hydrogen) atoms. The van der Waals surface area contributed by atoms with Gasteiger partial charge in [-0.25, -0.2) is 4.98 Å². The first-order chi connectivity index (χ1) is 7.69. The lowest BCUT2D eigenvalue weighted by atomic mass is 10.1. The Kier molecular flexibility index (Phi) is 5.26. The van der Waals surface area contributed by atoms with E-state index in [-0.39, 0.29) is 0 Å². The van der Waals surface area contributed by atoms with Crippen LogP contribution in [0.4, 0.5) is 5.82 Å². The summed E-state index contributed by atoms with van der Waals surface area (Å²) in [7, 11) is 2.11. The van der Waals surface area contributed by atoms with Crippen molar-refractivity contribution in [1.82, 2.24) is 4.98 Å². The Morgan fingerprint density at radius 2 is 2.25 bits per heavy atom. The highest BCUT2D eigenvalue weighted by Gasteiger charge is 2.10. The van der Waals surface area contributed by atoms with Crippen LogP contribution in [0.25, 0.3) is 0 Å². The van der Waals surface area contributed by atoms with Gasteiger partial charge in [0.15, 0.2) is 0 Å². The molecule has 1 rings (SSSR count). The number of pyridine rings is 1. The maximum Gasteiger partial charge on any atom is 0.131 e. The number of hydrogen-bond donors (Lipinski definition) is 1. The van der Waals surface area contributed by atoms with Gasteiger partial charge in [0.25, 0.3) is 0 Å². The summed E-state index contributed by atoms with van der Waals surface area (Å²) in [6, 6.07) is 4.09. The molecule has 0 bridgehead atoms. The molecule has 2 N–H and O–H groups in total. The van der Waals surface area contributed by atoms with E-state index in [0.717, 1.165) is 18.8 Å². The molecule has 0 amide bonds. The van der Waals surface area contributed by atoms with Crippen molar-refractivity contribution in [2.45, 2.75) is 26.7 Å². The summed E-state index contributed by atoms with van der Waals surface area (Å²) in [4.78, 5) is 6.69. The molecule has 1 unspecified atom stereocenters. The van der Waals surface area contributed by atoms with Crippen molar-refractivity contribution in [3.05, 3.63) is 23.9 Å². The highest BCUT2D eigenvalue weighted by molar-refractivity contribution is 5.46. The molecule has 0 saturated heterocycles. The molecule has 0 aliphatic heterocycles. The Balaban J connectivity index is 2.77. The summed E-state index contributed by atoms with van der Waals surface area (Å²) >= 11 is 0. The van der Waals surface area contributed by atoms with Gasteiger partial charge in [0.2, 0.25) is 0 Å². The second-order valence-corrected chi connectivity index (χ2v) is 4.42. The van der Waals surface area contributed by atoms with Crippen LogP contribution in [0, 0.1) is 5.92 Å². The van der Waals surface area contributed by atoms with E-state index in [1.165, 1.54) is 12.0 Å².